The third kappa shape index (κ3) is 4.10. The molecule has 0 amide bonds. The van der Waals surface area contributed by atoms with Crippen LogP contribution in [0.4, 0.5) is 0 Å². The largest absolute Gasteiger partial charge is 0.383 e. The van der Waals surface area contributed by atoms with Crippen LogP contribution in [0.1, 0.15) is 37.7 Å². The smallest absolute Gasteiger partial charge is 0.265 e. The van der Waals surface area contributed by atoms with Crippen molar-refractivity contribution >= 4 is 39.4 Å². The molecule has 0 bridgehead atoms. The highest BCUT2D eigenvalue weighted by atomic mass is 16.5. The molecule has 5 aromatic rings. The van der Waals surface area contributed by atoms with Gasteiger partial charge >= 0.3 is 0 Å². The molecule has 178 valence electrons. The highest BCUT2D eigenvalue weighted by Gasteiger charge is 2.21. The first kappa shape index (κ1) is 22.9. The van der Waals surface area contributed by atoms with E-state index in [1.54, 1.807) is 22.6 Å². The van der Waals surface area contributed by atoms with Crippen molar-refractivity contribution in [3.63, 3.8) is 0 Å². The molecule has 0 fully saturated rings. The molecular formula is C27H28N6O2. The Morgan fingerprint density at radius 1 is 0.971 bits per heavy atom. The van der Waals surface area contributed by atoms with Gasteiger partial charge in [0.2, 0.25) is 0 Å². The van der Waals surface area contributed by atoms with Gasteiger partial charge in [0.1, 0.15) is 16.7 Å². The van der Waals surface area contributed by atoms with Crippen molar-refractivity contribution in [1.29, 1.82) is 0 Å². The lowest BCUT2D eigenvalue weighted by atomic mass is 9.87. The molecule has 8 nitrogen and oxygen atoms in total. The maximum atomic E-state index is 13.6. The number of ether oxygens (including phenoxy) is 1. The van der Waals surface area contributed by atoms with Gasteiger partial charge < -0.3 is 4.74 Å². The van der Waals surface area contributed by atoms with Crippen LogP contribution in [0, 0.1) is 6.92 Å². The maximum absolute atomic E-state index is 13.6. The first-order valence-electron chi connectivity index (χ1n) is 11.6. The summed E-state index contributed by atoms with van der Waals surface area (Å²) in [7, 11) is 1.61. The predicted molar refractivity (Wildman–Crippen MR) is 139 cm³/mol. The molecule has 0 aliphatic heterocycles. The number of rotatable bonds is 5. The highest BCUT2D eigenvalue weighted by Crippen LogP contribution is 2.26. The van der Waals surface area contributed by atoms with Crippen molar-refractivity contribution < 1.29 is 4.74 Å². The minimum absolute atomic E-state index is 0.0727. The van der Waals surface area contributed by atoms with Crippen molar-refractivity contribution in [3.05, 3.63) is 75.8 Å². The van der Waals surface area contributed by atoms with E-state index in [4.69, 9.17) is 24.8 Å². The molecule has 3 heterocycles. The number of methoxy groups -OCH3 is 1. The Kier molecular flexibility index (Phi) is 5.68. The van der Waals surface area contributed by atoms with Crippen LogP contribution in [0.2, 0.25) is 0 Å². The quantitative estimate of drug-likeness (QED) is 0.356. The number of para-hydroxylation sites is 2. The van der Waals surface area contributed by atoms with Crippen LogP contribution in [-0.2, 0) is 16.7 Å². The summed E-state index contributed by atoms with van der Waals surface area (Å²) < 4.78 is 8.43. The summed E-state index contributed by atoms with van der Waals surface area (Å²) in [6.45, 7) is 9.18. The summed E-state index contributed by atoms with van der Waals surface area (Å²) in [5.74, 6) is 0.581. The standard InChI is InChI=1S/C27H28N6O2/c1-17-29-24-22(26(34)32(17)14-15-35-5)23-25(31-21-9-7-6-8-20(21)30-23)33(24)28-16-18-10-12-19(13-11-18)27(2,3)4/h6-13,16H,14-15H2,1-5H3. The fraction of sp³-hybridized carbons (Fsp3) is 0.296. The number of aromatic nitrogens is 5. The van der Waals surface area contributed by atoms with Gasteiger partial charge in [-0.3, -0.25) is 9.36 Å². The molecule has 0 saturated carbocycles. The lowest BCUT2D eigenvalue weighted by Gasteiger charge is -2.18. The van der Waals surface area contributed by atoms with Crippen LogP contribution in [0.15, 0.2) is 58.4 Å². The Balaban J connectivity index is 1.74. The van der Waals surface area contributed by atoms with Crippen LogP contribution in [0.25, 0.3) is 33.2 Å². The lowest BCUT2D eigenvalue weighted by Crippen LogP contribution is -2.25. The molecule has 0 aliphatic carbocycles. The van der Waals surface area contributed by atoms with E-state index in [2.05, 4.69) is 32.9 Å². The van der Waals surface area contributed by atoms with Crippen LogP contribution < -0.4 is 5.56 Å². The molecule has 8 heteroatoms. The van der Waals surface area contributed by atoms with Gasteiger partial charge in [0.05, 0.1) is 30.4 Å². The van der Waals surface area contributed by atoms with Gasteiger partial charge in [-0.05, 0) is 35.6 Å². The number of fused-ring (bicyclic) bond motifs is 4. The van der Waals surface area contributed by atoms with Crippen molar-refractivity contribution in [3.8, 4) is 0 Å². The molecule has 0 aliphatic rings. The van der Waals surface area contributed by atoms with Crippen LogP contribution >= 0.6 is 0 Å². The zero-order chi connectivity index (χ0) is 24.7. The van der Waals surface area contributed by atoms with E-state index in [-0.39, 0.29) is 11.0 Å². The Morgan fingerprint density at radius 3 is 2.31 bits per heavy atom. The second-order valence-corrected chi connectivity index (χ2v) is 9.62. The summed E-state index contributed by atoms with van der Waals surface area (Å²) in [4.78, 5) is 27.9. The SMILES string of the molecule is COCCn1c(C)nc2c(c1=O)c1nc3ccccc3nc1n2N=Cc1ccc(C(C)(C)C)cc1. The summed E-state index contributed by atoms with van der Waals surface area (Å²) in [6.07, 6.45) is 1.76. The molecule has 35 heavy (non-hydrogen) atoms. The van der Waals surface area contributed by atoms with Crippen molar-refractivity contribution in [2.75, 3.05) is 13.7 Å². The third-order valence-corrected chi connectivity index (χ3v) is 6.15. The molecule has 0 spiro atoms. The van der Waals surface area contributed by atoms with Gasteiger partial charge in [-0.25, -0.2) is 15.0 Å². The molecule has 5 rings (SSSR count). The monoisotopic (exact) mass is 468 g/mol. The average molecular weight is 469 g/mol. The van der Waals surface area contributed by atoms with E-state index in [0.29, 0.717) is 46.7 Å². The zero-order valence-electron chi connectivity index (χ0n) is 20.6. The van der Waals surface area contributed by atoms with Gasteiger partial charge in [-0.1, -0.05) is 57.2 Å². The van der Waals surface area contributed by atoms with E-state index >= 15 is 0 Å². The number of hydrogen-bond acceptors (Lipinski definition) is 6. The van der Waals surface area contributed by atoms with Gasteiger partial charge in [0.15, 0.2) is 11.3 Å². The number of benzene rings is 2. The number of nitrogens with zero attached hydrogens (tertiary/aromatic N) is 6. The van der Waals surface area contributed by atoms with Crippen molar-refractivity contribution in [1.82, 2.24) is 24.2 Å². The normalized spacial score (nSPS) is 12.5. The summed E-state index contributed by atoms with van der Waals surface area (Å²) in [5, 5.41) is 5.12. The Hall–Kier alpha value is -3.91. The molecule has 3 aromatic heterocycles. The van der Waals surface area contributed by atoms with E-state index in [1.807, 2.05) is 43.3 Å². The van der Waals surface area contributed by atoms with Gasteiger partial charge in [0.25, 0.3) is 5.56 Å². The predicted octanol–water partition coefficient (Wildman–Crippen LogP) is 4.43. The molecule has 0 saturated heterocycles. The fourth-order valence-electron chi connectivity index (χ4n) is 4.16. The summed E-state index contributed by atoms with van der Waals surface area (Å²) >= 11 is 0. The third-order valence-electron chi connectivity index (χ3n) is 6.15. The van der Waals surface area contributed by atoms with Crippen LogP contribution in [0.3, 0.4) is 0 Å². The van der Waals surface area contributed by atoms with Gasteiger partial charge in [0, 0.05) is 7.11 Å². The average Bonchev–Trinajstić information content (AvgIpc) is 3.13. The second-order valence-electron chi connectivity index (χ2n) is 9.62. The molecule has 0 unspecified atom stereocenters. The topological polar surface area (TPSA) is 87.2 Å². The number of hydrogen-bond donors (Lipinski definition) is 0. The van der Waals surface area contributed by atoms with Crippen molar-refractivity contribution in [2.45, 2.75) is 39.7 Å². The van der Waals surface area contributed by atoms with Crippen LogP contribution in [0.5, 0.6) is 0 Å². The molecule has 2 aromatic carbocycles. The van der Waals surface area contributed by atoms with Crippen molar-refractivity contribution in [2.24, 2.45) is 5.10 Å². The number of aryl methyl sites for hydroxylation is 1. The van der Waals surface area contributed by atoms with E-state index < -0.39 is 0 Å². The first-order valence-corrected chi connectivity index (χ1v) is 11.6. The van der Waals surface area contributed by atoms with Crippen LogP contribution in [-0.4, -0.2) is 44.1 Å². The van der Waals surface area contributed by atoms with Gasteiger partial charge in [-0.2, -0.15) is 9.78 Å². The summed E-state index contributed by atoms with van der Waals surface area (Å²) in [6, 6.07) is 15.9. The Bertz CT molecular complexity index is 1640. The molecule has 0 radical (unpaired) electrons. The molecule has 0 atom stereocenters. The Labute approximate surface area is 202 Å². The highest BCUT2D eigenvalue weighted by molar-refractivity contribution is 6.05. The fourth-order valence-corrected chi connectivity index (χ4v) is 4.16. The molecular weight excluding hydrogens is 440 g/mol. The van der Waals surface area contributed by atoms with Gasteiger partial charge in [-0.15, -0.1) is 0 Å². The second kappa shape index (κ2) is 8.70. The lowest BCUT2D eigenvalue weighted by molar-refractivity contribution is 0.185. The van der Waals surface area contributed by atoms with E-state index in [1.165, 1.54) is 5.56 Å². The molecule has 0 N–H and O–H groups in total. The first-order chi connectivity index (χ1) is 16.8. The minimum atomic E-state index is -0.178. The zero-order valence-corrected chi connectivity index (χ0v) is 20.6. The Morgan fingerprint density at radius 2 is 1.66 bits per heavy atom. The summed E-state index contributed by atoms with van der Waals surface area (Å²) in [5.41, 5.74) is 4.94. The van der Waals surface area contributed by atoms with E-state index in [9.17, 15) is 4.79 Å². The maximum Gasteiger partial charge on any atom is 0.265 e. The minimum Gasteiger partial charge on any atom is -0.383 e. The van der Waals surface area contributed by atoms with E-state index in [0.717, 1.165) is 11.1 Å².